The molecule has 3 aromatic carbocycles. The average Bonchev–Trinajstić information content (AvgIpc) is 2.52. The molecule has 0 N–H and O–H groups in total. The van der Waals surface area contributed by atoms with Crippen molar-refractivity contribution in [1.29, 1.82) is 0 Å². The van der Waals surface area contributed by atoms with Gasteiger partial charge < -0.3 is 4.74 Å². The molecule has 0 saturated carbocycles. The third-order valence-electron chi connectivity index (χ3n) is 3.99. The summed E-state index contributed by atoms with van der Waals surface area (Å²) in [6.45, 7) is 3.98. The van der Waals surface area contributed by atoms with E-state index in [2.05, 4.69) is 12.1 Å². The van der Waals surface area contributed by atoms with Gasteiger partial charge in [-0.3, -0.25) is 4.79 Å². The Morgan fingerprint density at radius 2 is 1.64 bits per heavy atom. The van der Waals surface area contributed by atoms with Crippen molar-refractivity contribution in [3.05, 3.63) is 77.4 Å². The van der Waals surface area contributed by atoms with Crippen LogP contribution in [0.5, 0.6) is 5.75 Å². The molecule has 0 aliphatic heterocycles. The zero-order valence-electron chi connectivity index (χ0n) is 12.8. The average molecular weight is 290 g/mol. The lowest BCUT2D eigenvalue weighted by molar-refractivity contribution is -0.133. The van der Waals surface area contributed by atoms with Crippen LogP contribution in [-0.4, -0.2) is 5.97 Å². The first-order valence-electron chi connectivity index (χ1n) is 7.38. The van der Waals surface area contributed by atoms with Crippen molar-refractivity contribution in [2.75, 3.05) is 0 Å². The fraction of sp³-hybridized carbons (Fsp3) is 0.150. The van der Waals surface area contributed by atoms with Gasteiger partial charge in [0.05, 0.1) is 6.42 Å². The molecule has 0 aliphatic rings. The Morgan fingerprint density at radius 1 is 0.909 bits per heavy atom. The van der Waals surface area contributed by atoms with Crippen molar-refractivity contribution in [2.45, 2.75) is 20.3 Å². The molecule has 2 heteroatoms. The Morgan fingerprint density at radius 3 is 2.50 bits per heavy atom. The van der Waals surface area contributed by atoms with E-state index < -0.39 is 0 Å². The molecule has 0 unspecified atom stereocenters. The van der Waals surface area contributed by atoms with Crippen LogP contribution in [0.4, 0.5) is 0 Å². The van der Waals surface area contributed by atoms with Crippen molar-refractivity contribution in [3.63, 3.8) is 0 Å². The second-order valence-electron chi connectivity index (χ2n) is 5.49. The zero-order chi connectivity index (χ0) is 15.5. The van der Waals surface area contributed by atoms with Gasteiger partial charge in [0.2, 0.25) is 0 Å². The molecule has 0 spiro atoms. The minimum Gasteiger partial charge on any atom is -0.426 e. The van der Waals surface area contributed by atoms with Gasteiger partial charge >= 0.3 is 5.97 Å². The minimum atomic E-state index is -0.231. The number of rotatable bonds is 3. The van der Waals surface area contributed by atoms with Crippen LogP contribution in [0.15, 0.2) is 60.7 Å². The number of hydrogen-bond acceptors (Lipinski definition) is 2. The van der Waals surface area contributed by atoms with E-state index in [1.165, 1.54) is 0 Å². The highest BCUT2D eigenvalue weighted by Crippen LogP contribution is 2.23. The molecule has 0 heterocycles. The van der Waals surface area contributed by atoms with E-state index in [4.69, 9.17) is 4.74 Å². The highest BCUT2D eigenvalue weighted by molar-refractivity contribution is 5.89. The molecule has 3 aromatic rings. The Balaban J connectivity index is 1.83. The third kappa shape index (κ3) is 2.86. The largest absolute Gasteiger partial charge is 0.426 e. The Labute approximate surface area is 130 Å². The van der Waals surface area contributed by atoms with Crippen LogP contribution in [-0.2, 0) is 11.2 Å². The molecular weight excluding hydrogens is 272 g/mol. The maximum absolute atomic E-state index is 12.3. The van der Waals surface area contributed by atoms with E-state index in [1.807, 2.05) is 62.4 Å². The highest BCUT2D eigenvalue weighted by atomic mass is 16.5. The molecule has 0 saturated heterocycles. The predicted molar refractivity (Wildman–Crippen MR) is 89.2 cm³/mol. The number of hydrogen-bond donors (Lipinski definition) is 0. The zero-order valence-corrected chi connectivity index (χ0v) is 12.8. The van der Waals surface area contributed by atoms with Crippen LogP contribution in [0.3, 0.4) is 0 Å². The van der Waals surface area contributed by atoms with Gasteiger partial charge in [-0.05, 0) is 47.4 Å². The molecule has 2 nitrogen and oxygen atoms in total. The van der Waals surface area contributed by atoms with Crippen LogP contribution >= 0.6 is 0 Å². The second-order valence-corrected chi connectivity index (χ2v) is 5.49. The quantitative estimate of drug-likeness (QED) is 0.520. The number of fused-ring (bicyclic) bond motifs is 1. The normalized spacial score (nSPS) is 10.6. The molecule has 22 heavy (non-hydrogen) atoms. The van der Waals surface area contributed by atoms with Crippen molar-refractivity contribution >= 4 is 16.7 Å². The molecule has 110 valence electrons. The monoisotopic (exact) mass is 290 g/mol. The number of carbonyl (C=O) groups excluding carboxylic acids is 1. The number of esters is 1. The minimum absolute atomic E-state index is 0.231. The summed E-state index contributed by atoms with van der Waals surface area (Å²) < 4.78 is 5.54. The predicted octanol–water partition coefficient (Wildman–Crippen LogP) is 4.60. The summed E-state index contributed by atoms with van der Waals surface area (Å²) in [5.41, 5.74) is 3.12. The number of aryl methyl sites for hydroxylation is 1. The Kier molecular flexibility index (Phi) is 3.92. The van der Waals surface area contributed by atoms with E-state index in [9.17, 15) is 4.79 Å². The summed E-state index contributed by atoms with van der Waals surface area (Å²) in [4.78, 5) is 12.3. The lowest BCUT2D eigenvalue weighted by Gasteiger charge is -2.10. The van der Waals surface area contributed by atoms with Crippen LogP contribution in [0, 0.1) is 13.8 Å². The standard InChI is InChI=1S/C20H18O2/c1-14-7-5-12-19(15(14)2)22-20(21)13-17-10-6-9-16-8-3-4-11-18(16)17/h3-12H,13H2,1-2H3. The Bertz CT molecular complexity index is 829. The van der Waals surface area contributed by atoms with E-state index >= 15 is 0 Å². The van der Waals surface area contributed by atoms with Gasteiger partial charge in [0.25, 0.3) is 0 Å². The lowest BCUT2D eigenvalue weighted by atomic mass is 10.0. The summed E-state index contributed by atoms with van der Waals surface area (Å²) >= 11 is 0. The fourth-order valence-electron chi connectivity index (χ4n) is 2.60. The van der Waals surface area contributed by atoms with Gasteiger partial charge in [-0.25, -0.2) is 0 Å². The van der Waals surface area contributed by atoms with Gasteiger partial charge in [0.1, 0.15) is 5.75 Å². The first-order chi connectivity index (χ1) is 10.6. The molecule has 0 atom stereocenters. The van der Waals surface area contributed by atoms with Gasteiger partial charge in [-0.15, -0.1) is 0 Å². The molecule has 0 aliphatic carbocycles. The van der Waals surface area contributed by atoms with Crippen LogP contribution in [0.25, 0.3) is 10.8 Å². The van der Waals surface area contributed by atoms with Crippen molar-refractivity contribution in [2.24, 2.45) is 0 Å². The SMILES string of the molecule is Cc1cccc(OC(=O)Cc2cccc3ccccc23)c1C. The molecule has 0 bridgehead atoms. The molecule has 3 rings (SSSR count). The van der Waals surface area contributed by atoms with E-state index in [0.717, 1.165) is 27.5 Å². The van der Waals surface area contributed by atoms with E-state index in [1.54, 1.807) is 0 Å². The van der Waals surface area contributed by atoms with Gasteiger partial charge in [0, 0.05) is 0 Å². The van der Waals surface area contributed by atoms with Gasteiger partial charge in [-0.2, -0.15) is 0 Å². The van der Waals surface area contributed by atoms with Crippen LogP contribution in [0.2, 0.25) is 0 Å². The summed E-state index contributed by atoms with van der Waals surface area (Å²) in [5.74, 6) is 0.412. The smallest absolute Gasteiger partial charge is 0.315 e. The lowest BCUT2D eigenvalue weighted by Crippen LogP contribution is -2.12. The molecule has 0 radical (unpaired) electrons. The second kappa shape index (κ2) is 6.02. The number of carbonyl (C=O) groups is 1. The molecule has 0 amide bonds. The fourth-order valence-corrected chi connectivity index (χ4v) is 2.60. The summed E-state index contributed by atoms with van der Waals surface area (Å²) in [5, 5.41) is 2.24. The van der Waals surface area contributed by atoms with Crippen LogP contribution in [0.1, 0.15) is 16.7 Å². The number of ether oxygens (including phenoxy) is 1. The van der Waals surface area contributed by atoms with Crippen molar-refractivity contribution in [3.8, 4) is 5.75 Å². The highest BCUT2D eigenvalue weighted by Gasteiger charge is 2.11. The maximum Gasteiger partial charge on any atom is 0.315 e. The molecular formula is C20H18O2. The third-order valence-corrected chi connectivity index (χ3v) is 3.99. The topological polar surface area (TPSA) is 26.3 Å². The first kappa shape index (κ1) is 14.3. The summed E-state index contributed by atoms with van der Waals surface area (Å²) in [6, 6.07) is 19.8. The van der Waals surface area contributed by atoms with Gasteiger partial charge in [0.15, 0.2) is 0 Å². The van der Waals surface area contributed by atoms with Crippen molar-refractivity contribution < 1.29 is 9.53 Å². The van der Waals surface area contributed by atoms with Crippen LogP contribution < -0.4 is 4.74 Å². The first-order valence-corrected chi connectivity index (χ1v) is 7.38. The number of benzene rings is 3. The Hall–Kier alpha value is -2.61. The molecule has 0 aromatic heterocycles. The molecule has 0 fully saturated rings. The maximum atomic E-state index is 12.3. The van der Waals surface area contributed by atoms with E-state index in [-0.39, 0.29) is 12.4 Å². The summed E-state index contributed by atoms with van der Waals surface area (Å²) in [7, 11) is 0. The van der Waals surface area contributed by atoms with E-state index in [0.29, 0.717) is 5.75 Å². The summed E-state index contributed by atoms with van der Waals surface area (Å²) in [6.07, 6.45) is 0.273. The van der Waals surface area contributed by atoms with Crippen molar-refractivity contribution in [1.82, 2.24) is 0 Å². The van der Waals surface area contributed by atoms with Gasteiger partial charge in [-0.1, -0.05) is 54.6 Å².